The first-order valence-electron chi connectivity index (χ1n) is 9.41. The number of carbonyl (C=O) groups excluding carboxylic acids is 2. The summed E-state index contributed by atoms with van der Waals surface area (Å²) >= 11 is 5.88. The van der Waals surface area contributed by atoms with Crippen LogP contribution in [0.1, 0.15) is 23.3 Å². The number of nitrogens with zero attached hydrogens (tertiary/aromatic N) is 2. The van der Waals surface area contributed by atoms with E-state index in [-0.39, 0.29) is 12.2 Å². The predicted molar refractivity (Wildman–Crippen MR) is 115 cm³/mol. The maximum Gasteiger partial charge on any atom is 0.319 e. The monoisotopic (exact) mass is 443 g/mol. The fraction of sp³-hybridized carbons (Fsp3) is 0.238. The van der Waals surface area contributed by atoms with Gasteiger partial charge < -0.3 is 20.1 Å². The van der Waals surface area contributed by atoms with Gasteiger partial charge in [-0.3, -0.25) is 9.89 Å². The molecule has 1 heterocycles. The van der Waals surface area contributed by atoms with E-state index in [1.54, 1.807) is 31.4 Å². The number of aromatic amines is 1. The lowest BCUT2D eigenvalue weighted by atomic mass is 10.1. The van der Waals surface area contributed by atoms with Crippen molar-refractivity contribution in [3.8, 4) is 5.75 Å². The summed E-state index contributed by atoms with van der Waals surface area (Å²) in [6.45, 7) is 0. The van der Waals surface area contributed by atoms with Gasteiger partial charge in [0, 0.05) is 17.1 Å². The van der Waals surface area contributed by atoms with Crippen molar-refractivity contribution < 1.29 is 19.1 Å². The Morgan fingerprint density at radius 1 is 1.10 bits per heavy atom. The van der Waals surface area contributed by atoms with E-state index in [2.05, 4.69) is 30.6 Å². The number of carbonyl (C=O) groups is 2. The minimum Gasteiger partial charge on any atom is -0.497 e. The van der Waals surface area contributed by atoms with Gasteiger partial charge in [-0.2, -0.15) is 5.10 Å². The number of hydrogen-bond donors (Lipinski definition) is 3. The highest BCUT2D eigenvalue weighted by Gasteiger charge is 2.21. The minimum atomic E-state index is -0.528. The lowest BCUT2D eigenvalue weighted by molar-refractivity contribution is -0.139. The smallest absolute Gasteiger partial charge is 0.319 e. The fourth-order valence-electron chi connectivity index (χ4n) is 2.82. The molecule has 1 aromatic heterocycles. The highest BCUT2D eigenvalue weighted by atomic mass is 35.5. The molecule has 0 aliphatic carbocycles. The largest absolute Gasteiger partial charge is 0.497 e. The van der Waals surface area contributed by atoms with Crippen molar-refractivity contribution in [1.82, 2.24) is 20.5 Å². The van der Waals surface area contributed by atoms with Crippen LogP contribution in [0.2, 0.25) is 5.02 Å². The maximum absolute atomic E-state index is 12.6. The number of halogens is 1. The predicted octanol–water partition coefficient (Wildman–Crippen LogP) is 3.29. The Labute approximate surface area is 184 Å². The third kappa shape index (κ3) is 6.45. The lowest BCUT2D eigenvalue weighted by Gasteiger charge is -2.17. The number of methoxy groups -OCH3 is 2. The summed E-state index contributed by atoms with van der Waals surface area (Å²) in [5.74, 6) is 0.974. The van der Waals surface area contributed by atoms with Crippen molar-refractivity contribution in [3.05, 3.63) is 70.8 Å². The van der Waals surface area contributed by atoms with Gasteiger partial charge in [-0.05, 0) is 42.0 Å². The second-order valence-electron chi connectivity index (χ2n) is 6.60. The van der Waals surface area contributed by atoms with E-state index in [9.17, 15) is 9.59 Å². The zero-order valence-electron chi connectivity index (χ0n) is 17.0. The van der Waals surface area contributed by atoms with Crippen LogP contribution in [-0.2, 0) is 22.4 Å². The third-order valence-corrected chi connectivity index (χ3v) is 4.67. The molecule has 162 valence electrons. The van der Waals surface area contributed by atoms with E-state index >= 15 is 0 Å². The van der Waals surface area contributed by atoms with Crippen molar-refractivity contribution in [2.75, 3.05) is 19.5 Å². The summed E-state index contributed by atoms with van der Waals surface area (Å²) in [4.78, 5) is 28.4. The Morgan fingerprint density at radius 2 is 1.81 bits per heavy atom. The van der Waals surface area contributed by atoms with E-state index in [1.165, 1.54) is 7.11 Å². The average molecular weight is 444 g/mol. The van der Waals surface area contributed by atoms with Gasteiger partial charge in [0.25, 0.3) is 0 Å². The van der Waals surface area contributed by atoms with Gasteiger partial charge in [0.15, 0.2) is 5.82 Å². The van der Waals surface area contributed by atoms with Crippen LogP contribution < -0.4 is 15.4 Å². The van der Waals surface area contributed by atoms with Gasteiger partial charge >= 0.3 is 12.0 Å². The fourth-order valence-corrected chi connectivity index (χ4v) is 2.95. The number of H-pyrrole nitrogens is 1. The maximum atomic E-state index is 12.6. The number of amides is 2. The number of urea groups is 1. The number of aromatic nitrogens is 3. The van der Waals surface area contributed by atoms with E-state index in [0.29, 0.717) is 23.0 Å². The van der Waals surface area contributed by atoms with Gasteiger partial charge in [0.05, 0.1) is 20.3 Å². The molecule has 0 spiro atoms. The second kappa shape index (κ2) is 10.4. The summed E-state index contributed by atoms with van der Waals surface area (Å²) in [5, 5.41) is 13.1. The molecule has 0 saturated carbocycles. The van der Waals surface area contributed by atoms with E-state index in [4.69, 9.17) is 16.3 Å². The van der Waals surface area contributed by atoms with Gasteiger partial charge in [0.2, 0.25) is 0 Å². The number of anilines is 1. The van der Waals surface area contributed by atoms with E-state index < -0.39 is 18.0 Å². The summed E-state index contributed by atoms with van der Waals surface area (Å²) < 4.78 is 9.83. The molecule has 0 radical (unpaired) electrons. The Morgan fingerprint density at radius 3 is 2.45 bits per heavy atom. The van der Waals surface area contributed by atoms with Crippen molar-refractivity contribution in [3.63, 3.8) is 0 Å². The van der Waals surface area contributed by atoms with Crippen LogP contribution >= 0.6 is 11.6 Å². The number of hydrogen-bond acceptors (Lipinski definition) is 6. The molecule has 1 atom stereocenters. The molecule has 3 N–H and O–H groups in total. The van der Waals surface area contributed by atoms with Crippen LogP contribution in [0, 0.1) is 0 Å². The summed E-state index contributed by atoms with van der Waals surface area (Å²) in [5.41, 5.74) is 1.54. The molecule has 0 saturated heterocycles. The van der Waals surface area contributed by atoms with Crippen LogP contribution in [0.15, 0.2) is 48.5 Å². The summed E-state index contributed by atoms with van der Waals surface area (Å²) in [7, 11) is 2.89. The summed E-state index contributed by atoms with van der Waals surface area (Å²) in [6.07, 6.45) is 0.365. The molecule has 3 rings (SSSR count). The first-order valence-corrected chi connectivity index (χ1v) is 9.78. The van der Waals surface area contributed by atoms with Crippen LogP contribution in [-0.4, -0.2) is 41.4 Å². The molecular weight excluding hydrogens is 422 g/mol. The second-order valence-corrected chi connectivity index (χ2v) is 7.04. The molecule has 0 bridgehead atoms. The highest BCUT2D eigenvalue weighted by molar-refractivity contribution is 6.30. The van der Waals surface area contributed by atoms with Crippen LogP contribution in [0.25, 0.3) is 0 Å². The number of rotatable bonds is 8. The Balaban J connectivity index is 1.76. The van der Waals surface area contributed by atoms with Crippen LogP contribution in [0.5, 0.6) is 5.75 Å². The lowest BCUT2D eigenvalue weighted by Crippen LogP contribution is -2.34. The minimum absolute atomic E-state index is 0.0702. The zero-order valence-corrected chi connectivity index (χ0v) is 17.8. The average Bonchev–Trinajstić information content (AvgIpc) is 3.23. The molecular formula is C21H22ClN5O4. The quantitative estimate of drug-likeness (QED) is 0.460. The molecule has 0 unspecified atom stereocenters. The van der Waals surface area contributed by atoms with E-state index in [0.717, 1.165) is 11.3 Å². The van der Waals surface area contributed by atoms with Gasteiger partial charge in [0.1, 0.15) is 18.0 Å². The Hall–Kier alpha value is -3.59. The molecule has 9 nitrogen and oxygen atoms in total. The number of ether oxygens (including phenoxy) is 2. The molecule has 0 fully saturated rings. The third-order valence-electron chi connectivity index (χ3n) is 4.42. The first-order chi connectivity index (χ1) is 15.0. The van der Waals surface area contributed by atoms with E-state index in [1.807, 2.05) is 24.3 Å². The van der Waals surface area contributed by atoms with Crippen molar-refractivity contribution in [2.24, 2.45) is 0 Å². The molecule has 0 aliphatic heterocycles. The number of nitrogens with one attached hydrogen (secondary N) is 3. The normalized spacial score (nSPS) is 11.5. The van der Waals surface area contributed by atoms with Gasteiger partial charge in [-0.1, -0.05) is 23.7 Å². The highest BCUT2D eigenvalue weighted by Crippen LogP contribution is 2.19. The molecule has 2 amide bonds. The van der Waals surface area contributed by atoms with Crippen molar-refractivity contribution in [1.29, 1.82) is 0 Å². The molecule has 3 aromatic rings. The van der Waals surface area contributed by atoms with Crippen LogP contribution in [0.4, 0.5) is 10.5 Å². The van der Waals surface area contributed by atoms with Crippen molar-refractivity contribution in [2.45, 2.75) is 18.9 Å². The number of benzene rings is 2. The Bertz CT molecular complexity index is 1020. The van der Waals surface area contributed by atoms with Gasteiger partial charge in [-0.15, -0.1) is 0 Å². The number of esters is 1. The van der Waals surface area contributed by atoms with Gasteiger partial charge in [-0.25, -0.2) is 9.78 Å². The topological polar surface area (TPSA) is 118 Å². The standard InChI is InChI=1S/C21H22ClN5O4/c1-30-16-9-3-13(4-10-16)11-17(20-25-18(26-27-20)12-19(28)31-2)24-21(29)23-15-7-5-14(22)6-8-15/h3-10,17H,11-12H2,1-2H3,(H2,23,24,29)(H,25,26,27)/t17-/m0/s1. The molecule has 31 heavy (non-hydrogen) atoms. The van der Waals surface area contributed by atoms with Crippen LogP contribution in [0.3, 0.4) is 0 Å². The zero-order chi connectivity index (χ0) is 22.2. The molecule has 0 aliphatic rings. The first kappa shape index (κ1) is 22.1. The molecule has 10 heteroatoms. The SMILES string of the molecule is COC(=O)Cc1n[nH]c([C@H](Cc2ccc(OC)cc2)NC(=O)Nc2ccc(Cl)cc2)n1. The summed E-state index contributed by atoms with van der Waals surface area (Å²) in [6, 6.07) is 13.3. The van der Waals surface area contributed by atoms with Crippen molar-refractivity contribution >= 4 is 29.3 Å². The molecule has 2 aromatic carbocycles. The Kier molecular flexibility index (Phi) is 7.45.